The summed E-state index contributed by atoms with van der Waals surface area (Å²) in [6, 6.07) is 12.0. The van der Waals surface area contributed by atoms with Crippen molar-refractivity contribution in [1.29, 1.82) is 0 Å². The number of carbonyl (C=O) groups is 2. The summed E-state index contributed by atoms with van der Waals surface area (Å²) in [5, 5.41) is 9.21. The number of carbonyl (C=O) groups excluding carboxylic acids is 2. The van der Waals surface area contributed by atoms with Gasteiger partial charge in [-0.25, -0.2) is 4.79 Å². The van der Waals surface area contributed by atoms with Crippen molar-refractivity contribution >= 4 is 51.9 Å². The summed E-state index contributed by atoms with van der Waals surface area (Å²) in [5.41, 5.74) is 3.83. The van der Waals surface area contributed by atoms with Gasteiger partial charge in [0.05, 0.1) is 5.70 Å². The molecule has 5 rings (SSSR count). The normalized spacial score (nSPS) is 16.5. The third kappa shape index (κ3) is 3.36. The number of hydrogen-bond acceptors (Lipinski definition) is 3. The number of nitrogens with one attached hydrogen (secondary N) is 1. The van der Waals surface area contributed by atoms with E-state index in [4.69, 9.17) is 4.84 Å². The lowest BCUT2D eigenvalue weighted by molar-refractivity contribution is -0.151. The van der Waals surface area contributed by atoms with Crippen LogP contribution in [0.3, 0.4) is 0 Å². The van der Waals surface area contributed by atoms with Crippen molar-refractivity contribution < 1.29 is 14.4 Å². The highest BCUT2D eigenvalue weighted by molar-refractivity contribution is 6.14. The Morgan fingerprint density at radius 2 is 1.81 bits per heavy atom. The van der Waals surface area contributed by atoms with Gasteiger partial charge in [-0.1, -0.05) is 43.0 Å². The van der Waals surface area contributed by atoms with Crippen molar-refractivity contribution in [3.05, 3.63) is 64.5 Å². The summed E-state index contributed by atoms with van der Waals surface area (Å²) in [5.74, 6) is -0.166. The Hall–Kier alpha value is -3.60. The Morgan fingerprint density at radius 1 is 1.06 bits per heavy atom. The Labute approximate surface area is 180 Å². The van der Waals surface area contributed by atoms with Crippen LogP contribution in [0, 0.1) is 0 Å². The number of anilines is 1. The van der Waals surface area contributed by atoms with Crippen molar-refractivity contribution in [3.8, 4) is 0 Å². The predicted molar refractivity (Wildman–Crippen MR) is 124 cm³/mol. The van der Waals surface area contributed by atoms with Crippen LogP contribution in [0.4, 0.5) is 10.5 Å². The molecule has 3 aromatic carbocycles. The third-order valence-corrected chi connectivity index (χ3v) is 6.15. The number of hydroxylamine groups is 2. The maximum atomic E-state index is 12.6. The fraction of sp³-hybridized carbons (Fsp3) is 0.231. The van der Waals surface area contributed by atoms with Crippen molar-refractivity contribution in [2.75, 3.05) is 5.32 Å². The summed E-state index contributed by atoms with van der Waals surface area (Å²) in [7, 11) is 0. The molecule has 1 saturated heterocycles. The second-order valence-corrected chi connectivity index (χ2v) is 8.15. The topological polar surface area (TPSA) is 58.6 Å². The minimum atomic E-state index is -0.658. The maximum Gasteiger partial charge on any atom is 0.436 e. The largest absolute Gasteiger partial charge is 0.436 e. The van der Waals surface area contributed by atoms with Crippen LogP contribution >= 0.6 is 0 Å². The highest BCUT2D eigenvalue weighted by Gasteiger charge is 2.33. The number of amides is 2. The second kappa shape index (κ2) is 7.58. The first-order valence-corrected chi connectivity index (χ1v) is 10.7. The first-order valence-electron chi connectivity index (χ1n) is 10.7. The van der Waals surface area contributed by atoms with Gasteiger partial charge in [0.15, 0.2) is 0 Å². The number of benzene rings is 3. The molecule has 0 radical (unpaired) electrons. The molecule has 1 aliphatic carbocycles. The van der Waals surface area contributed by atoms with Crippen molar-refractivity contribution in [3.63, 3.8) is 0 Å². The summed E-state index contributed by atoms with van der Waals surface area (Å²) < 4.78 is 0. The van der Waals surface area contributed by atoms with E-state index >= 15 is 0 Å². The fourth-order valence-corrected chi connectivity index (χ4v) is 4.53. The SMILES string of the molecule is C=c1ccc2cc(NC(=O)ON3C(=O)CCC3=C3CCC3)cc3ccc(/C=C\C)c1c32. The lowest BCUT2D eigenvalue weighted by atomic mass is 9.90. The standard InChI is InChI=1S/C26H24N2O3/c1-3-5-18-10-11-20-15-21(14-19-9-8-16(2)24(18)25(19)20)27-26(30)31-28-22(12-13-23(28)29)17-6-4-7-17/h3,5,8-11,14-15H,2,4,6-7,12-13H2,1H3,(H,27,30)/b5-3-. The van der Waals surface area contributed by atoms with Crippen molar-refractivity contribution in [2.24, 2.45) is 0 Å². The van der Waals surface area contributed by atoms with E-state index in [1.165, 1.54) is 10.6 Å². The minimum absolute atomic E-state index is 0.166. The highest BCUT2D eigenvalue weighted by atomic mass is 16.7. The summed E-state index contributed by atoms with van der Waals surface area (Å²) in [6.07, 6.45) is 7.56. The number of rotatable bonds is 3. The van der Waals surface area contributed by atoms with E-state index < -0.39 is 6.09 Å². The van der Waals surface area contributed by atoms with Crippen LogP contribution in [0.2, 0.25) is 0 Å². The monoisotopic (exact) mass is 412 g/mol. The zero-order valence-corrected chi connectivity index (χ0v) is 17.5. The Balaban J connectivity index is 1.45. The first kappa shape index (κ1) is 19.4. The average Bonchev–Trinajstić information content (AvgIpc) is 3.04. The van der Waals surface area contributed by atoms with E-state index in [1.807, 2.05) is 43.3 Å². The molecule has 1 N–H and O–H groups in total. The summed E-state index contributed by atoms with van der Waals surface area (Å²) >= 11 is 0. The summed E-state index contributed by atoms with van der Waals surface area (Å²) in [4.78, 5) is 30.2. The van der Waals surface area contributed by atoms with Gasteiger partial charge in [0.2, 0.25) is 0 Å². The van der Waals surface area contributed by atoms with Gasteiger partial charge < -0.3 is 4.84 Å². The molecule has 0 aromatic heterocycles. The molecule has 0 spiro atoms. The fourth-order valence-electron chi connectivity index (χ4n) is 4.53. The van der Waals surface area contributed by atoms with Gasteiger partial charge >= 0.3 is 6.09 Å². The number of hydrogen-bond donors (Lipinski definition) is 1. The molecule has 2 fully saturated rings. The Kier molecular flexibility index (Phi) is 4.74. The molecular weight excluding hydrogens is 388 g/mol. The average molecular weight is 412 g/mol. The smallest absolute Gasteiger partial charge is 0.314 e. The van der Waals surface area contributed by atoms with Crippen LogP contribution < -0.4 is 10.5 Å². The van der Waals surface area contributed by atoms with Gasteiger partial charge in [0.25, 0.3) is 5.91 Å². The molecule has 0 bridgehead atoms. The van der Waals surface area contributed by atoms with Crippen LogP contribution in [0.5, 0.6) is 0 Å². The quantitative estimate of drug-likeness (QED) is 0.602. The van der Waals surface area contributed by atoms with Gasteiger partial charge in [0, 0.05) is 18.5 Å². The molecule has 2 aliphatic rings. The number of allylic oxidation sites excluding steroid dienone is 3. The zero-order chi connectivity index (χ0) is 21.5. The Morgan fingerprint density at radius 3 is 2.48 bits per heavy atom. The van der Waals surface area contributed by atoms with E-state index in [0.717, 1.165) is 57.3 Å². The van der Waals surface area contributed by atoms with Crippen LogP contribution in [0.15, 0.2) is 53.7 Å². The maximum absolute atomic E-state index is 12.6. The van der Waals surface area contributed by atoms with Crippen LogP contribution in [0.25, 0.3) is 34.2 Å². The van der Waals surface area contributed by atoms with Crippen molar-refractivity contribution in [1.82, 2.24) is 5.06 Å². The second-order valence-electron chi connectivity index (χ2n) is 8.15. The molecule has 1 saturated carbocycles. The number of nitrogens with zero attached hydrogens (tertiary/aromatic N) is 1. The molecule has 1 heterocycles. The van der Waals surface area contributed by atoms with E-state index in [9.17, 15) is 9.59 Å². The lowest BCUT2D eigenvalue weighted by Gasteiger charge is -2.24. The molecule has 5 nitrogen and oxygen atoms in total. The third-order valence-electron chi connectivity index (χ3n) is 6.15. The van der Waals surface area contributed by atoms with Gasteiger partial charge in [-0.2, -0.15) is 0 Å². The van der Waals surface area contributed by atoms with E-state index in [1.54, 1.807) is 0 Å². The highest BCUT2D eigenvalue weighted by Crippen LogP contribution is 2.36. The molecule has 1 aliphatic heterocycles. The summed E-state index contributed by atoms with van der Waals surface area (Å²) in [6.45, 7) is 6.19. The predicted octanol–water partition coefficient (Wildman–Crippen LogP) is 5.68. The molecule has 0 atom stereocenters. The van der Waals surface area contributed by atoms with E-state index in [0.29, 0.717) is 18.5 Å². The minimum Gasteiger partial charge on any atom is -0.314 e. The van der Waals surface area contributed by atoms with Gasteiger partial charge in [-0.3, -0.25) is 10.1 Å². The van der Waals surface area contributed by atoms with Crippen LogP contribution in [0.1, 0.15) is 44.6 Å². The molecule has 2 amide bonds. The van der Waals surface area contributed by atoms with Crippen molar-refractivity contribution in [2.45, 2.75) is 39.0 Å². The van der Waals surface area contributed by atoms with Gasteiger partial charge in [-0.05, 0) is 76.2 Å². The molecule has 0 unspecified atom stereocenters. The van der Waals surface area contributed by atoms with E-state index in [2.05, 4.69) is 24.0 Å². The van der Waals surface area contributed by atoms with Gasteiger partial charge in [-0.15, -0.1) is 5.06 Å². The molecule has 156 valence electrons. The Bertz CT molecular complexity index is 1310. The molecule has 5 heteroatoms. The first-order chi connectivity index (χ1) is 15.0. The molecule has 3 aromatic rings. The zero-order valence-electron chi connectivity index (χ0n) is 17.5. The molecule has 31 heavy (non-hydrogen) atoms. The van der Waals surface area contributed by atoms with Gasteiger partial charge in [0.1, 0.15) is 0 Å². The van der Waals surface area contributed by atoms with Crippen LogP contribution in [-0.4, -0.2) is 17.1 Å². The molecular formula is C26H24N2O3. The van der Waals surface area contributed by atoms with Crippen LogP contribution in [-0.2, 0) is 9.63 Å². The van der Waals surface area contributed by atoms with E-state index in [-0.39, 0.29) is 5.91 Å². The lowest BCUT2D eigenvalue weighted by Crippen LogP contribution is -2.31.